The summed E-state index contributed by atoms with van der Waals surface area (Å²) in [7, 11) is 0. The third kappa shape index (κ3) is 4.44. The summed E-state index contributed by atoms with van der Waals surface area (Å²) in [6.45, 7) is 0.492. The molecule has 3 atom stereocenters. The first kappa shape index (κ1) is 21.5. The molecule has 1 aromatic carbocycles. The number of carbonyl (C=O) groups excluding carboxylic acids is 3. The van der Waals surface area contributed by atoms with E-state index >= 15 is 0 Å². The quantitative estimate of drug-likeness (QED) is 0.610. The van der Waals surface area contributed by atoms with E-state index in [1.54, 1.807) is 23.4 Å². The summed E-state index contributed by atoms with van der Waals surface area (Å²) in [6, 6.07) is 15.6. The molecule has 2 fully saturated rings. The summed E-state index contributed by atoms with van der Waals surface area (Å²) in [4.78, 5) is 46.1. The molecule has 3 unspecified atom stereocenters. The molecule has 2 aliphatic heterocycles. The molecule has 0 bridgehead atoms. The van der Waals surface area contributed by atoms with Crippen LogP contribution in [0.3, 0.4) is 0 Å². The smallest absolute Gasteiger partial charge is 0.262 e. The van der Waals surface area contributed by atoms with E-state index in [4.69, 9.17) is 4.74 Å². The van der Waals surface area contributed by atoms with Gasteiger partial charge in [0.05, 0.1) is 11.0 Å². The van der Waals surface area contributed by atoms with Crippen LogP contribution >= 0.6 is 11.3 Å². The Morgan fingerprint density at radius 2 is 2.00 bits per heavy atom. The SMILES string of the molecule is O=C(NC(Cc1ccccc1)C(=O)N1CCC2OCC(=O)C21)c1ccc(-c2cccnc2)s1. The molecule has 2 amide bonds. The van der Waals surface area contributed by atoms with Gasteiger partial charge in [-0.2, -0.15) is 0 Å². The van der Waals surface area contributed by atoms with Crippen LogP contribution in [0.4, 0.5) is 0 Å². The van der Waals surface area contributed by atoms with Gasteiger partial charge in [0, 0.05) is 35.8 Å². The third-order valence-corrected chi connectivity index (χ3v) is 7.19. The van der Waals surface area contributed by atoms with Crippen molar-refractivity contribution in [3.05, 3.63) is 77.4 Å². The number of carbonyl (C=O) groups is 3. The van der Waals surface area contributed by atoms with Crippen molar-refractivity contribution in [1.82, 2.24) is 15.2 Å². The summed E-state index contributed by atoms with van der Waals surface area (Å²) >= 11 is 1.35. The summed E-state index contributed by atoms with van der Waals surface area (Å²) in [5.41, 5.74) is 1.87. The highest BCUT2D eigenvalue weighted by Gasteiger charge is 2.48. The molecule has 3 aromatic rings. The number of amides is 2. The maximum atomic E-state index is 13.5. The molecule has 2 saturated heterocycles. The summed E-state index contributed by atoms with van der Waals surface area (Å²) < 4.78 is 5.53. The molecule has 0 radical (unpaired) electrons. The lowest BCUT2D eigenvalue weighted by atomic mass is 10.0. The highest BCUT2D eigenvalue weighted by Crippen LogP contribution is 2.29. The molecule has 2 aromatic heterocycles. The average molecular weight is 462 g/mol. The summed E-state index contributed by atoms with van der Waals surface area (Å²) in [5.74, 6) is -0.633. The number of thiophene rings is 1. The fourth-order valence-electron chi connectivity index (χ4n) is 4.44. The van der Waals surface area contributed by atoms with Gasteiger partial charge in [-0.15, -0.1) is 11.3 Å². The number of aromatic nitrogens is 1. The van der Waals surface area contributed by atoms with Gasteiger partial charge in [0.1, 0.15) is 18.7 Å². The first-order chi connectivity index (χ1) is 16.1. The lowest BCUT2D eigenvalue weighted by Crippen LogP contribution is -2.53. The molecule has 0 aliphatic carbocycles. The second-order valence-electron chi connectivity index (χ2n) is 8.20. The van der Waals surface area contributed by atoms with Gasteiger partial charge in [-0.3, -0.25) is 19.4 Å². The van der Waals surface area contributed by atoms with Crippen molar-refractivity contribution in [2.75, 3.05) is 13.2 Å². The van der Waals surface area contributed by atoms with Gasteiger partial charge in [0.2, 0.25) is 5.91 Å². The Bertz CT molecular complexity index is 1160. The first-order valence-corrected chi connectivity index (χ1v) is 11.7. The Balaban J connectivity index is 1.37. The first-order valence-electron chi connectivity index (χ1n) is 10.9. The second-order valence-corrected chi connectivity index (χ2v) is 9.29. The topological polar surface area (TPSA) is 88.6 Å². The number of nitrogens with zero attached hydrogens (tertiary/aromatic N) is 2. The van der Waals surface area contributed by atoms with Crippen molar-refractivity contribution in [2.24, 2.45) is 0 Å². The monoisotopic (exact) mass is 461 g/mol. The van der Waals surface area contributed by atoms with Crippen molar-refractivity contribution in [1.29, 1.82) is 0 Å². The van der Waals surface area contributed by atoms with Crippen molar-refractivity contribution < 1.29 is 19.1 Å². The number of hydrogen-bond donors (Lipinski definition) is 1. The van der Waals surface area contributed by atoms with Crippen LogP contribution in [0, 0.1) is 0 Å². The van der Waals surface area contributed by atoms with E-state index in [0.29, 0.717) is 24.3 Å². The number of ketones is 1. The largest absolute Gasteiger partial charge is 0.368 e. The van der Waals surface area contributed by atoms with Gasteiger partial charge in [0.15, 0.2) is 5.78 Å². The zero-order valence-corrected chi connectivity index (χ0v) is 18.7. The predicted molar refractivity (Wildman–Crippen MR) is 124 cm³/mol. The van der Waals surface area contributed by atoms with Gasteiger partial charge < -0.3 is 15.0 Å². The number of ether oxygens (including phenoxy) is 1. The lowest BCUT2D eigenvalue weighted by molar-refractivity contribution is -0.138. The maximum absolute atomic E-state index is 13.5. The van der Waals surface area contributed by atoms with Gasteiger partial charge in [-0.1, -0.05) is 36.4 Å². The van der Waals surface area contributed by atoms with Gasteiger partial charge in [0.25, 0.3) is 5.91 Å². The lowest BCUT2D eigenvalue weighted by Gasteiger charge is -2.27. The molecular weight excluding hydrogens is 438 g/mol. The van der Waals surface area contributed by atoms with E-state index in [1.165, 1.54) is 11.3 Å². The molecule has 1 N–H and O–H groups in total. The van der Waals surface area contributed by atoms with E-state index in [2.05, 4.69) is 10.3 Å². The van der Waals surface area contributed by atoms with Crippen LogP contribution in [0.5, 0.6) is 0 Å². The fourth-order valence-corrected chi connectivity index (χ4v) is 5.34. The van der Waals surface area contributed by atoms with Crippen molar-refractivity contribution >= 4 is 28.9 Å². The Hall–Kier alpha value is -3.36. The molecule has 2 aliphatic rings. The van der Waals surface area contributed by atoms with Crippen LogP contribution in [-0.4, -0.2) is 58.8 Å². The van der Waals surface area contributed by atoms with E-state index in [1.807, 2.05) is 48.5 Å². The predicted octanol–water partition coefficient (Wildman–Crippen LogP) is 2.72. The van der Waals surface area contributed by atoms with Crippen LogP contribution in [0.2, 0.25) is 0 Å². The molecule has 7 nitrogen and oxygen atoms in total. The second kappa shape index (κ2) is 9.25. The van der Waals surface area contributed by atoms with Crippen LogP contribution in [-0.2, 0) is 20.7 Å². The highest BCUT2D eigenvalue weighted by molar-refractivity contribution is 7.17. The molecule has 5 rings (SSSR count). The van der Waals surface area contributed by atoms with Gasteiger partial charge in [-0.05, 0) is 30.2 Å². The van der Waals surface area contributed by atoms with Crippen LogP contribution < -0.4 is 5.32 Å². The third-order valence-electron chi connectivity index (χ3n) is 6.06. The number of rotatable bonds is 6. The van der Waals surface area contributed by atoms with E-state index in [9.17, 15) is 14.4 Å². The number of pyridine rings is 1. The van der Waals surface area contributed by atoms with E-state index in [0.717, 1.165) is 16.0 Å². The number of hydrogen-bond acceptors (Lipinski definition) is 6. The molecule has 8 heteroatoms. The Morgan fingerprint density at radius 3 is 2.79 bits per heavy atom. The summed E-state index contributed by atoms with van der Waals surface area (Å²) in [6.07, 6.45) is 4.18. The van der Waals surface area contributed by atoms with Gasteiger partial charge >= 0.3 is 0 Å². The number of fused-ring (bicyclic) bond motifs is 1. The summed E-state index contributed by atoms with van der Waals surface area (Å²) in [5, 5.41) is 2.93. The van der Waals surface area contributed by atoms with Crippen molar-refractivity contribution in [3.63, 3.8) is 0 Å². The molecule has 33 heavy (non-hydrogen) atoms. The number of Topliss-reactive ketones (excluding diaryl/α,β-unsaturated/α-hetero) is 1. The van der Waals surface area contributed by atoms with E-state index in [-0.39, 0.29) is 30.3 Å². The van der Waals surface area contributed by atoms with Crippen LogP contribution in [0.25, 0.3) is 10.4 Å². The standard InChI is InChI=1S/C25H23N3O4S/c29-19-15-32-20-10-12-28(23(19)20)25(31)18(13-16-5-2-1-3-6-16)27-24(30)22-9-8-21(33-22)17-7-4-11-26-14-17/h1-9,11,14,18,20,23H,10,12-13,15H2,(H,27,30). The molecule has 0 spiro atoms. The van der Waals surface area contributed by atoms with E-state index < -0.39 is 12.1 Å². The molecule has 168 valence electrons. The zero-order chi connectivity index (χ0) is 22.8. The Labute approximate surface area is 195 Å². The Morgan fingerprint density at radius 1 is 1.15 bits per heavy atom. The van der Waals surface area contributed by atoms with Crippen LogP contribution in [0.15, 0.2) is 67.0 Å². The number of likely N-dealkylation sites (tertiary alicyclic amines) is 1. The zero-order valence-electron chi connectivity index (χ0n) is 17.8. The highest BCUT2D eigenvalue weighted by atomic mass is 32.1. The fraction of sp³-hybridized carbons (Fsp3) is 0.280. The minimum atomic E-state index is -0.781. The molecule has 0 saturated carbocycles. The Kier molecular flexibility index (Phi) is 6.02. The average Bonchev–Trinajstić information content (AvgIpc) is 3.58. The molecular formula is C25H23N3O4S. The van der Waals surface area contributed by atoms with Crippen molar-refractivity contribution in [3.8, 4) is 10.4 Å². The molecule has 4 heterocycles. The minimum Gasteiger partial charge on any atom is -0.368 e. The van der Waals surface area contributed by atoms with Gasteiger partial charge in [-0.25, -0.2) is 0 Å². The van der Waals surface area contributed by atoms with Crippen molar-refractivity contribution in [2.45, 2.75) is 31.0 Å². The normalized spacial score (nSPS) is 20.5. The maximum Gasteiger partial charge on any atom is 0.262 e. The number of benzene rings is 1. The number of nitrogens with one attached hydrogen (secondary N) is 1. The minimum absolute atomic E-state index is 0.0428. The van der Waals surface area contributed by atoms with Crippen LogP contribution in [0.1, 0.15) is 21.7 Å².